The molecular weight excluding hydrogens is 326 g/mol. The van der Waals surface area contributed by atoms with E-state index in [1.165, 1.54) is 18.1 Å². The number of carbonyl (C=O) groups is 2. The van der Waals surface area contributed by atoms with E-state index in [1.807, 2.05) is 50.4 Å². The number of urea groups is 1. The first-order valence-electron chi connectivity index (χ1n) is 8.94. The maximum atomic E-state index is 12.7. The van der Waals surface area contributed by atoms with Gasteiger partial charge in [0.1, 0.15) is 0 Å². The van der Waals surface area contributed by atoms with Gasteiger partial charge in [-0.1, -0.05) is 36.4 Å². The van der Waals surface area contributed by atoms with Gasteiger partial charge in [-0.25, -0.2) is 4.79 Å². The lowest BCUT2D eigenvalue weighted by molar-refractivity contribution is -0.114. The summed E-state index contributed by atoms with van der Waals surface area (Å²) >= 11 is 0. The van der Waals surface area contributed by atoms with Crippen LogP contribution in [0.1, 0.15) is 49.0 Å². The highest BCUT2D eigenvalue weighted by Crippen LogP contribution is 2.34. The van der Waals surface area contributed by atoms with Crippen molar-refractivity contribution in [1.29, 1.82) is 0 Å². The number of carbonyl (C=O) groups excluding carboxylic acids is 2. The number of hydrogen-bond acceptors (Lipinski definition) is 2. The van der Waals surface area contributed by atoms with Crippen LogP contribution in [0.2, 0.25) is 0 Å². The molecule has 0 bridgehead atoms. The molecule has 2 aromatic rings. The molecule has 2 aromatic carbocycles. The van der Waals surface area contributed by atoms with E-state index in [4.69, 9.17) is 0 Å². The molecule has 136 valence electrons. The third-order valence-corrected chi connectivity index (χ3v) is 4.94. The number of aryl methyl sites for hydroxylation is 1. The summed E-state index contributed by atoms with van der Waals surface area (Å²) < 4.78 is 0. The van der Waals surface area contributed by atoms with Crippen LogP contribution in [-0.4, -0.2) is 23.9 Å². The fourth-order valence-corrected chi connectivity index (χ4v) is 3.54. The van der Waals surface area contributed by atoms with Gasteiger partial charge in [0, 0.05) is 19.7 Å². The zero-order chi connectivity index (χ0) is 18.7. The van der Waals surface area contributed by atoms with Crippen molar-refractivity contribution in [3.05, 3.63) is 65.2 Å². The van der Waals surface area contributed by atoms with Crippen molar-refractivity contribution in [1.82, 2.24) is 10.2 Å². The molecule has 1 aliphatic rings. The van der Waals surface area contributed by atoms with Crippen molar-refractivity contribution >= 4 is 17.6 Å². The Balaban J connectivity index is 1.67. The molecule has 0 aliphatic heterocycles. The monoisotopic (exact) mass is 351 g/mol. The third-order valence-electron chi connectivity index (χ3n) is 4.94. The number of amides is 3. The number of anilines is 1. The SMILES string of the molecule is CC(=O)Nc1cccc([C@@H](C)NC(=O)N(C)[C@H]2CCc3ccccc32)c1. The summed E-state index contributed by atoms with van der Waals surface area (Å²) in [6, 6.07) is 15.7. The zero-order valence-corrected chi connectivity index (χ0v) is 15.5. The van der Waals surface area contributed by atoms with Gasteiger partial charge < -0.3 is 15.5 Å². The molecule has 3 amide bonds. The number of benzene rings is 2. The van der Waals surface area contributed by atoms with Gasteiger partial charge in [0.05, 0.1) is 12.1 Å². The van der Waals surface area contributed by atoms with Crippen LogP contribution in [-0.2, 0) is 11.2 Å². The smallest absolute Gasteiger partial charge is 0.318 e. The Morgan fingerprint density at radius 2 is 1.92 bits per heavy atom. The number of nitrogens with one attached hydrogen (secondary N) is 2. The van der Waals surface area contributed by atoms with E-state index in [9.17, 15) is 9.59 Å². The van der Waals surface area contributed by atoms with Crippen LogP contribution < -0.4 is 10.6 Å². The Morgan fingerprint density at radius 3 is 2.69 bits per heavy atom. The molecule has 1 aliphatic carbocycles. The van der Waals surface area contributed by atoms with Gasteiger partial charge in [0.2, 0.25) is 5.91 Å². The fourth-order valence-electron chi connectivity index (χ4n) is 3.54. The Bertz CT molecular complexity index is 818. The lowest BCUT2D eigenvalue weighted by atomic mass is 10.1. The summed E-state index contributed by atoms with van der Waals surface area (Å²) in [6.07, 6.45) is 1.96. The van der Waals surface area contributed by atoms with Gasteiger partial charge in [-0.3, -0.25) is 4.79 Å². The van der Waals surface area contributed by atoms with E-state index in [-0.39, 0.29) is 24.0 Å². The average Bonchev–Trinajstić information content (AvgIpc) is 3.04. The van der Waals surface area contributed by atoms with Crippen LogP contribution >= 0.6 is 0 Å². The van der Waals surface area contributed by atoms with Crippen molar-refractivity contribution in [3.8, 4) is 0 Å². The van der Waals surface area contributed by atoms with Gasteiger partial charge >= 0.3 is 6.03 Å². The van der Waals surface area contributed by atoms with E-state index in [0.717, 1.165) is 24.1 Å². The van der Waals surface area contributed by atoms with Gasteiger partial charge in [-0.2, -0.15) is 0 Å². The maximum absolute atomic E-state index is 12.7. The average molecular weight is 351 g/mol. The van der Waals surface area contributed by atoms with E-state index >= 15 is 0 Å². The highest BCUT2D eigenvalue weighted by atomic mass is 16.2. The highest BCUT2D eigenvalue weighted by Gasteiger charge is 2.28. The first-order valence-corrected chi connectivity index (χ1v) is 8.94. The number of hydrogen-bond donors (Lipinski definition) is 2. The standard InChI is InChI=1S/C21H25N3O2/c1-14(17-8-6-9-18(13-17)23-15(2)25)22-21(26)24(3)20-12-11-16-7-4-5-10-19(16)20/h4-10,13-14,20H,11-12H2,1-3H3,(H,22,26)(H,23,25)/t14-,20+/m1/s1. The minimum absolute atomic E-state index is 0.0934. The van der Waals surface area contributed by atoms with Crippen molar-refractivity contribution in [2.45, 2.75) is 38.8 Å². The molecule has 0 fully saturated rings. The summed E-state index contributed by atoms with van der Waals surface area (Å²) in [4.78, 5) is 25.7. The summed E-state index contributed by atoms with van der Waals surface area (Å²) in [6.45, 7) is 3.42. The minimum Gasteiger partial charge on any atom is -0.331 e. The molecule has 2 N–H and O–H groups in total. The summed E-state index contributed by atoms with van der Waals surface area (Å²) in [5.74, 6) is -0.113. The van der Waals surface area contributed by atoms with E-state index in [2.05, 4.69) is 22.8 Å². The molecule has 0 radical (unpaired) electrons. The topological polar surface area (TPSA) is 61.4 Å². The van der Waals surface area contributed by atoms with Gasteiger partial charge in [0.15, 0.2) is 0 Å². The van der Waals surface area contributed by atoms with Gasteiger partial charge in [-0.15, -0.1) is 0 Å². The van der Waals surface area contributed by atoms with Crippen LogP contribution in [0.4, 0.5) is 10.5 Å². The lowest BCUT2D eigenvalue weighted by Crippen LogP contribution is -2.40. The van der Waals surface area contributed by atoms with Crippen LogP contribution in [0.3, 0.4) is 0 Å². The molecular formula is C21H25N3O2. The second kappa shape index (κ2) is 7.60. The number of fused-ring (bicyclic) bond motifs is 1. The first-order chi connectivity index (χ1) is 12.5. The normalized spacial score (nSPS) is 16.5. The largest absolute Gasteiger partial charge is 0.331 e. The molecule has 3 rings (SSSR count). The number of rotatable bonds is 4. The quantitative estimate of drug-likeness (QED) is 0.873. The van der Waals surface area contributed by atoms with Crippen LogP contribution in [0.15, 0.2) is 48.5 Å². The second-order valence-electron chi connectivity index (χ2n) is 6.84. The van der Waals surface area contributed by atoms with Crippen molar-refractivity contribution in [2.24, 2.45) is 0 Å². The Kier molecular flexibility index (Phi) is 5.26. The summed E-state index contributed by atoms with van der Waals surface area (Å²) in [5, 5.41) is 5.83. The Hall–Kier alpha value is -2.82. The highest BCUT2D eigenvalue weighted by molar-refractivity contribution is 5.88. The molecule has 0 saturated carbocycles. The molecule has 0 unspecified atom stereocenters. The molecule has 26 heavy (non-hydrogen) atoms. The van der Waals surface area contributed by atoms with Crippen molar-refractivity contribution < 1.29 is 9.59 Å². The maximum Gasteiger partial charge on any atom is 0.318 e. The van der Waals surface area contributed by atoms with Crippen LogP contribution in [0.25, 0.3) is 0 Å². The second-order valence-corrected chi connectivity index (χ2v) is 6.84. The minimum atomic E-state index is -0.157. The predicted molar refractivity (Wildman–Crippen MR) is 103 cm³/mol. The van der Waals surface area contributed by atoms with Crippen LogP contribution in [0, 0.1) is 0 Å². The first kappa shape index (κ1) is 18.0. The molecule has 0 heterocycles. The summed E-state index contributed by atoms with van der Waals surface area (Å²) in [5.41, 5.74) is 4.25. The molecule has 0 saturated heterocycles. The van der Waals surface area contributed by atoms with E-state index in [1.54, 1.807) is 4.90 Å². The van der Waals surface area contributed by atoms with Crippen molar-refractivity contribution in [3.63, 3.8) is 0 Å². The Morgan fingerprint density at radius 1 is 1.15 bits per heavy atom. The molecule has 2 atom stereocenters. The molecule has 0 aromatic heterocycles. The van der Waals surface area contributed by atoms with Crippen molar-refractivity contribution in [2.75, 3.05) is 12.4 Å². The number of nitrogens with zero attached hydrogens (tertiary/aromatic N) is 1. The van der Waals surface area contributed by atoms with Crippen LogP contribution in [0.5, 0.6) is 0 Å². The van der Waals surface area contributed by atoms with E-state index in [0.29, 0.717) is 0 Å². The lowest BCUT2D eigenvalue weighted by Gasteiger charge is -2.27. The fraction of sp³-hybridized carbons (Fsp3) is 0.333. The molecule has 5 heteroatoms. The predicted octanol–water partition coefficient (Wildman–Crippen LogP) is 4.03. The van der Waals surface area contributed by atoms with E-state index < -0.39 is 0 Å². The summed E-state index contributed by atoms with van der Waals surface area (Å²) in [7, 11) is 1.85. The molecule has 0 spiro atoms. The molecule has 5 nitrogen and oxygen atoms in total. The van der Waals surface area contributed by atoms with Gasteiger partial charge in [-0.05, 0) is 48.6 Å². The zero-order valence-electron chi connectivity index (χ0n) is 15.5. The Labute approximate surface area is 154 Å². The third kappa shape index (κ3) is 3.87. The van der Waals surface area contributed by atoms with Gasteiger partial charge in [0.25, 0.3) is 0 Å².